The van der Waals surface area contributed by atoms with E-state index < -0.39 is 0 Å². The standard InChI is InChI=1S/C16H18FN3O/c1-10-6-11(21)7-13-16(10)12-8-15(17)18-9-14(12)20(13)5-4-19(2)3/h6-9,18H,4-5H2,1-3H3. The zero-order valence-corrected chi connectivity index (χ0v) is 12.4. The number of aryl methyl sites for hydroxylation is 1. The Bertz CT molecular complexity index is 876. The normalized spacial score (nSPS) is 11.9. The van der Waals surface area contributed by atoms with Crippen molar-refractivity contribution >= 4 is 21.8 Å². The Kier molecular flexibility index (Phi) is 3.29. The molecule has 0 saturated heterocycles. The molecule has 0 bridgehead atoms. The molecule has 3 aromatic rings. The van der Waals surface area contributed by atoms with Crippen molar-refractivity contribution in [1.29, 1.82) is 0 Å². The summed E-state index contributed by atoms with van der Waals surface area (Å²) in [5.41, 5.74) is 2.66. The van der Waals surface area contributed by atoms with Crippen LogP contribution in [0.5, 0.6) is 0 Å². The molecular formula is C16H18FN3O. The summed E-state index contributed by atoms with van der Waals surface area (Å²) in [6, 6.07) is 4.74. The molecular weight excluding hydrogens is 269 g/mol. The van der Waals surface area contributed by atoms with Crippen LogP contribution in [0, 0.1) is 12.9 Å². The molecule has 0 radical (unpaired) electrons. The third-order valence-electron chi connectivity index (χ3n) is 3.80. The summed E-state index contributed by atoms with van der Waals surface area (Å²) < 4.78 is 15.6. The summed E-state index contributed by atoms with van der Waals surface area (Å²) in [6.45, 7) is 3.49. The first-order chi connectivity index (χ1) is 9.97. The lowest BCUT2D eigenvalue weighted by Gasteiger charge is -2.12. The molecule has 4 nitrogen and oxygen atoms in total. The van der Waals surface area contributed by atoms with Crippen LogP contribution in [0.3, 0.4) is 0 Å². The van der Waals surface area contributed by atoms with Crippen molar-refractivity contribution in [2.75, 3.05) is 20.6 Å². The van der Waals surface area contributed by atoms with Crippen molar-refractivity contribution in [3.63, 3.8) is 0 Å². The molecule has 5 heteroatoms. The van der Waals surface area contributed by atoms with E-state index in [9.17, 15) is 9.18 Å². The average molecular weight is 287 g/mol. The Morgan fingerprint density at radius 2 is 2.00 bits per heavy atom. The number of fused-ring (bicyclic) bond motifs is 3. The van der Waals surface area contributed by atoms with E-state index in [0.717, 1.165) is 40.5 Å². The van der Waals surface area contributed by atoms with Gasteiger partial charge in [-0.25, -0.2) is 0 Å². The van der Waals surface area contributed by atoms with Gasteiger partial charge >= 0.3 is 0 Å². The van der Waals surface area contributed by atoms with Crippen molar-refractivity contribution in [3.8, 4) is 0 Å². The fourth-order valence-corrected chi connectivity index (χ4v) is 2.85. The lowest BCUT2D eigenvalue weighted by Crippen LogP contribution is -2.18. The third-order valence-corrected chi connectivity index (χ3v) is 3.80. The minimum atomic E-state index is -0.375. The summed E-state index contributed by atoms with van der Waals surface area (Å²) in [5, 5.41) is 1.80. The van der Waals surface area contributed by atoms with Crippen molar-refractivity contribution in [2.45, 2.75) is 13.5 Å². The first-order valence-electron chi connectivity index (χ1n) is 6.93. The number of hydrogen-bond acceptors (Lipinski definition) is 2. The number of aromatic amines is 1. The minimum absolute atomic E-state index is 0.0154. The zero-order valence-electron chi connectivity index (χ0n) is 12.4. The Balaban J connectivity index is 2.38. The number of pyridine rings is 1. The molecule has 1 aromatic carbocycles. The number of rotatable bonds is 3. The molecule has 2 heterocycles. The molecule has 0 aliphatic rings. The topological polar surface area (TPSA) is 41.0 Å². The van der Waals surface area contributed by atoms with E-state index in [2.05, 4.69) is 14.5 Å². The van der Waals surface area contributed by atoms with Gasteiger partial charge in [0.25, 0.3) is 0 Å². The maximum absolute atomic E-state index is 13.6. The third kappa shape index (κ3) is 2.34. The first kappa shape index (κ1) is 13.8. The van der Waals surface area contributed by atoms with E-state index in [0.29, 0.717) is 0 Å². The van der Waals surface area contributed by atoms with E-state index in [1.54, 1.807) is 18.3 Å². The second-order valence-corrected chi connectivity index (χ2v) is 5.67. The molecule has 3 rings (SSSR count). The van der Waals surface area contributed by atoms with Gasteiger partial charge in [0, 0.05) is 42.2 Å². The van der Waals surface area contributed by atoms with Gasteiger partial charge in [0.05, 0.1) is 11.0 Å². The van der Waals surface area contributed by atoms with Gasteiger partial charge in [-0.1, -0.05) is 0 Å². The number of benzene rings is 1. The average Bonchev–Trinajstić information content (AvgIpc) is 2.69. The maximum atomic E-state index is 13.6. The van der Waals surface area contributed by atoms with Gasteiger partial charge < -0.3 is 14.5 Å². The number of H-pyrrole nitrogens is 1. The van der Waals surface area contributed by atoms with E-state index in [1.807, 2.05) is 21.0 Å². The molecule has 1 N–H and O–H groups in total. The first-order valence-corrected chi connectivity index (χ1v) is 6.93. The maximum Gasteiger partial charge on any atom is 0.191 e. The van der Waals surface area contributed by atoms with Crippen LogP contribution < -0.4 is 5.43 Å². The monoisotopic (exact) mass is 287 g/mol. The number of halogens is 1. The SMILES string of the molecule is Cc1cc(=O)cc2c1c1cc(F)[nH]cc1n2CCN(C)C. The number of likely N-dealkylation sites (N-methyl/N-ethyl adjacent to an activating group) is 1. The summed E-state index contributed by atoms with van der Waals surface area (Å²) in [6.07, 6.45) is 1.67. The molecule has 21 heavy (non-hydrogen) atoms. The van der Waals surface area contributed by atoms with E-state index in [4.69, 9.17) is 0 Å². The molecule has 0 aliphatic carbocycles. The highest BCUT2D eigenvalue weighted by Crippen LogP contribution is 2.30. The summed E-state index contributed by atoms with van der Waals surface area (Å²) in [5.74, 6) is -0.375. The second kappa shape index (κ2) is 5.00. The highest BCUT2D eigenvalue weighted by atomic mass is 19.1. The largest absolute Gasteiger partial charge is 0.338 e. The Morgan fingerprint density at radius 1 is 1.24 bits per heavy atom. The van der Waals surface area contributed by atoms with Crippen LogP contribution in [-0.4, -0.2) is 35.1 Å². The van der Waals surface area contributed by atoms with Crippen LogP contribution in [0.15, 0.2) is 29.2 Å². The van der Waals surface area contributed by atoms with Gasteiger partial charge in [0.2, 0.25) is 0 Å². The second-order valence-electron chi connectivity index (χ2n) is 5.67. The molecule has 0 atom stereocenters. The van der Waals surface area contributed by atoms with Crippen LogP contribution in [0.4, 0.5) is 4.39 Å². The molecule has 0 saturated carbocycles. The van der Waals surface area contributed by atoms with Crippen LogP contribution in [-0.2, 0) is 6.54 Å². The van der Waals surface area contributed by atoms with Crippen molar-refractivity contribution in [1.82, 2.24) is 14.5 Å². The van der Waals surface area contributed by atoms with Crippen molar-refractivity contribution in [2.24, 2.45) is 0 Å². The van der Waals surface area contributed by atoms with Gasteiger partial charge in [0.1, 0.15) is 0 Å². The van der Waals surface area contributed by atoms with Gasteiger partial charge in [-0.15, -0.1) is 0 Å². The molecule has 110 valence electrons. The molecule has 0 spiro atoms. The molecule has 0 amide bonds. The van der Waals surface area contributed by atoms with Crippen LogP contribution >= 0.6 is 0 Å². The summed E-state index contributed by atoms with van der Waals surface area (Å²) in [4.78, 5) is 16.5. The van der Waals surface area contributed by atoms with E-state index in [-0.39, 0.29) is 11.4 Å². The number of aromatic nitrogens is 2. The van der Waals surface area contributed by atoms with Crippen LogP contribution in [0.1, 0.15) is 5.56 Å². The smallest absolute Gasteiger partial charge is 0.191 e. The highest BCUT2D eigenvalue weighted by molar-refractivity contribution is 6.09. The fourth-order valence-electron chi connectivity index (χ4n) is 2.85. The highest BCUT2D eigenvalue weighted by Gasteiger charge is 2.14. The fraction of sp³-hybridized carbons (Fsp3) is 0.312. The van der Waals surface area contributed by atoms with Gasteiger partial charge in [-0.2, -0.15) is 4.39 Å². The lowest BCUT2D eigenvalue weighted by molar-refractivity contribution is 0.389. The van der Waals surface area contributed by atoms with Crippen molar-refractivity contribution in [3.05, 3.63) is 46.1 Å². The van der Waals surface area contributed by atoms with Crippen LogP contribution in [0.2, 0.25) is 0 Å². The molecule has 0 unspecified atom stereocenters. The number of nitrogens with zero attached hydrogens (tertiary/aromatic N) is 2. The predicted molar refractivity (Wildman–Crippen MR) is 83.3 cm³/mol. The van der Waals surface area contributed by atoms with Gasteiger partial charge in [0.15, 0.2) is 11.4 Å². The number of hydrogen-bond donors (Lipinski definition) is 1. The summed E-state index contributed by atoms with van der Waals surface area (Å²) >= 11 is 0. The van der Waals surface area contributed by atoms with E-state index in [1.165, 1.54) is 6.07 Å². The minimum Gasteiger partial charge on any atom is -0.338 e. The van der Waals surface area contributed by atoms with Gasteiger partial charge in [-0.05, 0) is 32.6 Å². The predicted octanol–water partition coefficient (Wildman–Crippen LogP) is 2.49. The quantitative estimate of drug-likeness (QED) is 0.752. The molecule has 0 aliphatic heterocycles. The Labute approximate surface area is 121 Å². The zero-order chi connectivity index (χ0) is 15.1. The Morgan fingerprint density at radius 3 is 2.71 bits per heavy atom. The molecule has 2 aromatic heterocycles. The summed E-state index contributed by atoms with van der Waals surface area (Å²) in [7, 11) is 4.01. The van der Waals surface area contributed by atoms with E-state index >= 15 is 0 Å². The van der Waals surface area contributed by atoms with Gasteiger partial charge in [-0.3, -0.25) is 4.79 Å². The van der Waals surface area contributed by atoms with Crippen molar-refractivity contribution < 1.29 is 4.39 Å². The number of nitrogens with one attached hydrogen (secondary N) is 1. The molecule has 0 fully saturated rings. The lowest BCUT2D eigenvalue weighted by atomic mass is 10.1. The van der Waals surface area contributed by atoms with Crippen LogP contribution in [0.25, 0.3) is 21.8 Å². The Hall–Kier alpha value is -2.14.